The zero-order chi connectivity index (χ0) is 14.8. The van der Waals surface area contributed by atoms with E-state index < -0.39 is 4.92 Å². The second kappa shape index (κ2) is 5.10. The van der Waals surface area contributed by atoms with E-state index >= 15 is 0 Å². The van der Waals surface area contributed by atoms with Crippen molar-refractivity contribution < 1.29 is 4.92 Å². The van der Waals surface area contributed by atoms with Gasteiger partial charge in [0, 0.05) is 30.3 Å². The number of hydrogen-bond donors (Lipinski definition) is 0. The maximum atomic E-state index is 10.9. The highest BCUT2D eigenvalue weighted by Crippen LogP contribution is 2.22. The lowest BCUT2D eigenvalue weighted by molar-refractivity contribution is -0.384. The average molecular weight is 277 g/mol. The molecular formula is C16H11N3O2. The van der Waals surface area contributed by atoms with E-state index in [1.807, 2.05) is 35.0 Å². The van der Waals surface area contributed by atoms with Gasteiger partial charge in [0.15, 0.2) is 0 Å². The highest BCUT2D eigenvalue weighted by Gasteiger charge is 2.09. The van der Waals surface area contributed by atoms with Gasteiger partial charge in [-0.25, -0.2) is 0 Å². The first-order chi connectivity index (χ1) is 10.2. The first-order valence-electron chi connectivity index (χ1n) is 6.40. The molecule has 0 fully saturated rings. The van der Waals surface area contributed by atoms with E-state index in [1.54, 1.807) is 18.2 Å². The number of hydrogen-bond acceptors (Lipinski definition) is 3. The highest BCUT2D eigenvalue weighted by molar-refractivity contribution is 5.82. The Morgan fingerprint density at radius 3 is 2.81 bits per heavy atom. The minimum absolute atomic E-state index is 0.0771. The van der Waals surface area contributed by atoms with Gasteiger partial charge in [-0.3, -0.25) is 10.1 Å². The van der Waals surface area contributed by atoms with E-state index in [4.69, 9.17) is 5.26 Å². The monoisotopic (exact) mass is 277 g/mol. The zero-order valence-corrected chi connectivity index (χ0v) is 11.1. The minimum atomic E-state index is -0.396. The smallest absolute Gasteiger partial charge is 0.271 e. The highest BCUT2D eigenvalue weighted by atomic mass is 16.6. The van der Waals surface area contributed by atoms with E-state index in [1.165, 1.54) is 6.07 Å². The standard InChI is InChI=1S/C16H11N3O2/c17-10-12-2-1-3-13(8-12)11-18-7-6-14-4-5-15(19(20)21)9-16(14)18/h1-9H,11H2. The van der Waals surface area contributed by atoms with Gasteiger partial charge in [0.2, 0.25) is 0 Å². The van der Waals surface area contributed by atoms with Crippen LogP contribution in [0.25, 0.3) is 10.9 Å². The van der Waals surface area contributed by atoms with Gasteiger partial charge in [0.1, 0.15) is 0 Å². The first-order valence-corrected chi connectivity index (χ1v) is 6.40. The van der Waals surface area contributed by atoms with Crippen LogP contribution in [0, 0.1) is 21.4 Å². The molecule has 2 aromatic carbocycles. The molecular weight excluding hydrogens is 266 g/mol. The van der Waals surface area contributed by atoms with E-state index in [0.717, 1.165) is 16.5 Å². The second-order valence-corrected chi connectivity index (χ2v) is 4.76. The van der Waals surface area contributed by atoms with Crippen LogP contribution in [-0.2, 0) is 6.54 Å². The van der Waals surface area contributed by atoms with Gasteiger partial charge in [0.05, 0.1) is 22.1 Å². The van der Waals surface area contributed by atoms with Crippen molar-refractivity contribution in [1.82, 2.24) is 4.57 Å². The molecule has 5 nitrogen and oxygen atoms in total. The van der Waals surface area contributed by atoms with Gasteiger partial charge in [0.25, 0.3) is 5.69 Å². The Hall–Kier alpha value is -3.13. The predicted octanol–water partition coefficient (Wildman–Crippen LogP) is 3.47. The van der Waals surface area contributed by atoms with Crippen LogP contribution in [0.15, 0.2) is 54.7 Å². The van der Waals surface area contributed by atoms with Crippen LogP contribution in [0.3, 0.4) is 0 Å². The largest absolute Gasteiger partial charge is 0.343 e. The van der Waals surface area contributed by atoms with Crippen LogP contribution >= 0.6 is 0 Å². The molecule has 0 saturated heterocycles. The second-order valence-electron chi connectivity index (χ2n) is 4.76. The van der Waals surface area contributed by atoms with Gasteiger partial charge in [-0.15, -0.1) is 0 Å². The Kier molecular flexibility index (Phi) is 3.13. The Morgan fingerprint density at radius 2 is 2.05 bits per heavy atom. The van der Waals surface area contributed by atoms with Gasteiger partial charge < -0.3 is 4.57 Å². The van der Waals surface area contributed by atoms with Crippen LogP contribution in [0.5, 0.6) is 0 Å². The summed E-state index contributed by atoms with van der Waals surface area (Å²) in [6.07, 6.45) is 1.90. The van der Waals surface area contributed by atoms with E-state index in [-0.39, 0.29) is 5.69 Å². The molecule has 5 heteroatoms. The molecule has 0 aliphatic rings. The summed E-state index contributed by atoms with van der Waals surface area (Å²) in [4.78, 5) is 10.5. The van der Waals surface area contributed by atoms with Crippen molar-refractivity contribution in [3.05, 3.63) is 76.0 Å². The third kappa shape index (κ3) is 2.47. The Labute approximate surface area is 120 Å². The summed E-state index contributed by atoms with van der Waals surface area (Å²) in [5, 5.41) is 20.8. The number of nitro groups is 1. The summed E-state index contributed by atoms with van der Waals surface area (Å²) in [5.41, 5.74) is 2.48. The molecule has 0 spiro atoms. The van der Waals surface area contributed by atoms with Crippen molar-refractivity contribution >= 4 is 16.6 Å². The van der Waals surface area contributed by atoms with Crippen LogP contribution in [0.2, 0.25) is 0 Å². The number of fused-ring (bicyclic) bond motifs is 1. The zero-order valence-electron chi connectivity index (χ0n) is 11.1. The predicted molar refractivity (Wildman–Crippen MR) is 78.9 cm³/mol. The van der Waals surface area contributed by atoms with E-state index in [2.05, 4.69) is 6.07 Å². The molecule has 3 rings (SSSR count). The lowest BCUT2D eigenvalue weighted by Crippen LogP contribution is -1.98. The van der Waals surface area contributed by atoms with Crippen molar-refractivity contribution in [3.8, 4) is 6.07 Å². The summed E-state index contributed by atoms with van der Waals surface area (Å²) < 4.78 is 1.94. The van der Waals surface area contributed by atoms with Crippen molar-refractivity contribution in [3.63, 3.8) is 0 Å². The quantitative estimate of drug-likeness (QED) is 0.543. The molecule has 102 valence electrons. The molecule has 21 heavy (non-hydrogen) atoms. The summed E-state index contributed by atoms with van der Waals surface area (Å²) >= 11 is 0. The van der Waals surface area contributed by atoms with Gasteiger partial charge in [-0.2, -0.15) is 5.26 Å². The van der Waals surface area contributed by atoms with Gasteiger partial charge >= 0.3 is 0 Å². The van der Waals surface area contributed by atoms with Crippen LogP contribution in [0.1, 0.15) is 11.1 Å². The first kappa shape index (κ1) is 12.9. The fourth-order valence-corrected chi connectivity index (χ4v) is 2.36. The van der Waals surface area contributed by atoms with Crippen LogP contribution in [0.4, 0.5) is 5.69 Å². The maximum Gasteiger partial charge on any atom is 0.271 e. The summed E-state index contributed by atoms with van der Waals surface area (Å²) in [6, 6.07) is 16.2. The van der Waals surface area contributed by atoms with Crippen LogP contribution in [-0.4, -0.2) is 9.49 Å². The molecule has 0 N–H and O–H groups in total. The summed E-state index contributed by atoms with van der Waals surface area (Å²) in [6.45, 7) is 0.570. The molecule has 0 atom stereocenters. The van der Waals surface area contributed by atoms with Gasteiger partial charge in [-0.05, 0) is 29.8 Å². The summed E-state index contributed by atoms with van der Waals surface area (Å²) in [5.74, 6) is 0. The Morgan fingerprint density at radius 1 is 1.19 bits per heavy atom. The van der Waals surface area contributed by atoms with E-state index in [0.29, 0.717) is 12.1 Å². The third-order valence-electron chi connectivity index (χ3n) is 3.38. The van der Waals surface area contributed by atoms with Crippen molar-refractivity contribution in [2.45, 2.75) is 6.54 Å². The minimum Gasteiger partial charge on any atom is -0.343 e. The third-order valence-corrected chi connectivity index (χ3v) is 3.38. The van der Waals surface area contributed by atoms with E-state index in [9.17, 15) is 10.1 Å². The molecule has 0 amide bonds. The molecule has 0 saturated carbocycles. The normalized spacial score (nSPS) is 10.4. The lowest BCUT2D eigenvalue weighted by Gasteiger charge is -2.06. The Balaban J connectivity index is 2.02. The van der Waals surface area contributed by atoms with Gasteiger partial charge in [-0.1, -0.05) is 12.1 Å². The molecule has 0 radical (unpaired) electrons. The number of benzene rings is 2. The van der Waals surface area contributed by atoms with Crippen molar-refractivity contribution in [2.75, 3.05) is 0 Å². The number of non-ortho nitro benzene ring substituents is 1. The van der Waals surface area contributed by atoms with Crippen molar-refractivity contribution in [2.24, 2.45) is 0 Å². The fourth-order valence-electron chi connectivity index (χ4n) is 2.36. The molecule has 1 aromatic heterocycles. The number of aromatic nitrogens is 1. The number of nitro benzene ring substituents is 1. The lowest BCUT2D eigenvalue weighted by atomic mass is 10.1. The number of nitrogens with zero attached hydrogens (tertiary/aromatic N) is 3. The molecule has 3 aromatic rings. The fraction of sp³-hybridized carbons (Fsp3) is 0.0625. The molecule has 0 aliphatic heterocycles. The van der Waals surface area contributed by atoms with Crippen LogP contribution < -0.4 is 0 Å². The van der Waals surface area contributed by atoms with Crippen molar-refractivity contribution in [1.29, 1.82) is 5.26 Å². The molecule has 0 unspecified atom stereocenters. The number of nitriles is 1. The average Bonchev–Trinajstić information content (AvgIpc) is 2.90. The summed E-state index contributed by atoms with van der Waals surface area (Å²) in [7, 11) is 0. The molecule has 1 heterocycles. The molecule has 0 aliphatic carbocycles. The molecule has 0 bridgehead atoms. The maximum absolute atomic E-state index is 10.9. The Bertz CT molecular complexity index is 875. The topological polar surface area (TPSA) is 71.9 Å². The number of rotatable bonds is 3. The SMILES string of the molecule is N#Cc1cccc(Cn2ccc3ccc([N+](=O)[O-])cc32)c1.